The topological polar surface area (TPSA) is 52.6 Å². The second-order valence-electron chi connectivity index (χ2n) is 7.50. The molecule has 0 heterocycles. The second kappa shape index (κ2) is 19.3. The molecule has 0 aromatic carbocycles. The summed E-state index contributed by atoms with van der Waals surface area (Å²) in [5.74, 6) is 5.92. The molecule has 0 saturated heterocycles. The van der Waals surface area contributed by atoms with Crippen LogP contribution in [0, 0.1) is 17.8 Å². The molecule has 0 atom stereocenters. The summed E-state index contributed by atoms with van der Waals surface area (Å²) in [7, 11) is 0. The molecule has 0 fully saturated rings. The zero-order chi connectivity index (χ0) is 20.2. The van der Waals surface area contributed by atoms with Crippen molar-refractivity contribution in [2.24, 2.45) is 5.92 Å². The Kier molecular flexibility index (Phi) is 18.2. The van der Waals surface area contributed by atoms with Gasteiger partial charge in [0.05, 0.1) is 6.61 Å². The van der Waals surface area contributed by atoms with Crippen molar-refractivity contribution < 1.29 is 19.1 Å². The Morgan fingerprint density at radius 3 is 2.00 bits per heavy atom. The van der Waals surface area contributed by atoms with Crippen LogP contribution in [0.3, 0.4) is 0 Å². The first-order valence-corrected chi connectivity index (χ1v) is 10.8. The lowest BCUT2D eigenvalue weighted by Crippen LogP contribution is -2.09. The van der Waals surface area contributed by atoms with Crippen LogP contribution in [0.1, 0.15) is 104 Å². The third kappa shape index (κ3) is 20.7. The molecule has 0 saturated carbocycles. The number of ether oxygens (including phenoxy) is 2. The van der Waals surface area contributed by atoms with E-state index in [-0.39, 0.29) is 31.4 Å². The third-order valence-electron chi connectivity index (χ3n) is 4.31. The van der Waals surface area contributed by atoms with Crippen LogP contribution in [-0.4, -0.2) is 25.2 Å². The highest BCUT2D eigenvalue weighted by Gasteiger charge is 2.07. The van der Waals surface area contributed by atoms with Gasteiger partial charge in [-0.2, -0.15) is 0 Å². The fraction of sp³-hybridized carbons (Fsp3) is 0.826. The molecule has 0 amide bonds. The van der Waals surface area contributed by atoms with Crippen LogP contribution in [0.5, 0.6) is 0 Å². The standard InChI is InChI=1S/C23H40O4/c1-4-5-6-7-8-9-10-11-12-13-14-19-26-22(24)16-15-17-23(25)27-20-18-21(2)3/h21H,4-12,15-20H2,1-3H3. The Balaban J connectivity index is 3.43. The molecule has 0 aliphatic heterocycles. The maximum Gasteiger partial charge on any atom is 0.306 e. The highest BCUT2D eigenvalue weighted by atomic mass is 16.5. The van der Waals surface area contributed by atoms with Crippen LogP contribution in [0.25, 0.3) is 0 Å². The van der Waals surface area contributed by atoms with E-state index in [2.05, 4.69) is 32.6 Å². The quantitative estimate of drug-likeness (QED) is 0.192. The maximum atomic E-state index is 11.6. The van der Waals surface area contributed by atoms with Crippen LogP contribution in [0.15, 0.2) is 0 Å². The first-order chi connectivity index (χ1) is 13.1. The molecule has 0 N–H and O–H groups in total. The minimum Gasteiger partial charge on any atom is -0.466 e. The average molecular weight is 381 g/mol. The molecule has 156 valence electrons. The van der Waals surface area contributed by atoms with Crippen molar-refractivity contribution >= 4 is 11.9 Å². The van der Waals surface area contributed by atoms with Gasteiger partial charge in [0, 0.05) is 19.3 Å². The van der Waals surface area contributed by atoms with E-state index < -0.39 is 0 Å². The number of esters is 2. The zero-order valence-corrected chi connectivity index (χ0v) is 17.8. The Hall–Kier alpha value is -1.50. The number of hydrogen-bond donors (Lipinski definition) is 0. The van der Waals surface area contributed by atoms with Gasteiger partial charge >= 0.3 is 11.9 Å². The molecule has 0 radical (unpaired) electrons. The second-order valence-corrected chi connectivity index (χ2v) is 7.50. The summed E-state index contributed by atoms with van der Waals surface area (Å²) in [5.41, 5.74) is 0. The van der Waals surface area contributed by atoms with Crippen molar-refractivity contribution in [1.29, 1.82) is 0 Å². The van der Waals surface area contributed by atoms with E-state index >= 15 is 0 Å². The largest absolute Gasteiger partial charge is 0.466 e. The van der Waals surface area contributed by atoms with E-state index in [9.17, 15) is 9.59 Å². The van der Waals surface area contributed by atoms with Crippen molar-refractivity contribution in [2.45, 2.75) is 104 Å². The van der Waals surface area contributed by atoms with Gasteiger partial charge in [0.25, 0.3) is 0 Å². The molecular formula is C23H40O4. The zero-order valence-electron chi connectivity index (χ0n) is 17.8. The number of unbranched alkanes of at least 4 members (excludes halogenated alkanes) is 8. The van der Waals surface area contributed by atoms with Crippen LogP contribution < -0.4 is 0 Å². The molecule has 0 rings (SSSR count). The molecule has 0 aliphatic rings. The van der Waals surface area contributed by atoms with Crippen molar-refractivity contribution in [1.82, 2.24) is 0 Å². The van der Waals surface area contributed by atoms with E-state index in [1.807, 2.05) is 0 Å². The van der Waals surface area contributed by atoms with E-state index in [0.717, 1.165) is 19.3 Å². The van der Waals surface area contributed by atoms with Gasteiger partial charge in [-0.15, -0.1) is 0 Å². The van der Waals surface area contributed by atoms with E-state index in [1.165, 1.54) is 44.9 Å². The van der Waals surface area contributed by atoms with Gasteiger partial charge in [-0.1, -0.05) is 77.6 Å². The minimum atomic E-state index is -0.300. The summed E-state index contributed by atoms with van der Waals surface area (Å²) >= 11 is 0. The first kappa shape index (κ1) is 25.5. The molecule has 0 aromatic heterocycles. The van der Waals surface area contributed by atoms with Crippen LogP contribution >= 0.6 is 0 Å². The van der Waals surface area contributed by atoms with Crippen LogP contribution in [-0.2, 0) is 19.1 Å². The summed E-state index contributed by atoms with van der Waals surface area (Å²) in [4.78, 5) is 23.1. The lowest BCUT2D eigenvalue weighted by molar-refractivity contribution is -0.145. The summed E-state index contributed by atoms with van der Waals surface area (Å²) in [5, 5.41) is 0. The van der Waals surface area contributed by atoms with Crippen molar-refractivity contribution in [3.05, 3.63) is 0 Å². The molecule has 4 nitrogen and oxygen atoms in total. The molecule has 0 unspecified atom stereocenters. The molecule has 0 aliphatic carbocycles. The van der Waals surface area contributed by atoms with Gasteiger partial charge in [-0.05, 0) is 25.2 Å². The minimum absolute atomic E-state index is 0.148. The SMILES string of the molecule is CCCCCCCCCCC#CCOC(=O)CCCC(=O)OCCC(C)C. The van der Waals surface area contributed by atoms with E-state index in [4.69, 9.17) is 9.47 Å². The van der Waals surface area contributed by atoms with Gasteiger partial charge < -0.3 is 9.47 Å². The summed E-state index contributed by atoms with van der Waals surface area (Å²) < 4.78 is 10.2. The smallest absolute Gasteiger partial charge is 0.306 e. The first-order valence-electron chi connectivity index (χ1n) is 10.8. The predicted octanol–water partition coefficient (Wildman–Crippen LogP) is 5.82. The number of hydrogen-bond acceptors (Lipinski definition) is 4. The number of carbonyl (C=O) groups is 2. The fourth-order valence-electron chi connectivity index (χ4n) is 2.53. The Bertz CT molecular complexity index is 431. The van der Waals surface area contributed by atoms with Crippen molar-refractivity contribution in [3.63, 3.8) is 0 Å². The predicted molar refractivity (Wildman–Crippen MR) is 110 cm³/mol. The highest BCUT2D eigenvalue weighted by Crippen LogP contribution is 2.09. The van der Waals surface area contributed by atoms with Gasteiger partial charge in [-0.3, -0.25) is 9.59 Å². The lowest BCUT2D eigenvalue weighted by atomic mass is 10.1. The summed E-state index contributed by atoms with van der Waals surface area (Å²) in [6.45, 7) is 7.01. The lowest BCUT2D eigenvalue weighted by Gasteiger charge is -2.06. The average Bonchev–Trinajstić information content (AvgIpc) is 2.62. The Morgan fingerprint density at radius 1 is 0.778 bits per heavy atom. The van der Waals surface area contributed by atoms with Gasteiger partial charge in [0.15, 0.2) is 6.61 Å². The molecule has 0 aromatic rings. The van der Waals surface area contributed by atoms with Gasteiger partial charge in [0.2, 0.25) is 0 Å². The normalized spacial score (nSPS) is 10.4. The third-order valence-corrected chi connectivity index (χ3v) is 4.31. The number of carbonyl (C=O) groups excluding carboxylic acids is 2. The Labute approximate surface area is 166 Å². The summed E-state index contributed by atoms with van der Waals surface area (Å²) in [6, 6.07) is 0. The molecule has 0 spiro atoms. The van der Waals surface area contributed by atoms with Crippen LogP contribution in [0.4, 0.5) is 0 Å². The monoisotopic (exact) mass is 380 g/mol. The number of rotatable bonds is 16. The summed E-state index contributed by atoms with van der Waals surface area (Å²) in [6.07, 6.45) is 13.0. The highest BCUT2D eigenvalue weighted by molar-refractivity contribution is 5.72. The molecule has 27 heavy (non-hydrogen) atoms. The Morgan fingerprint density at radius 2 is 1.37 bits per heavy atom. The van der Waals surface area contributed by atoms with E-state index in [0.29, 0.717) is 18.9 Å². The van der Waals surface area contributed by atoms with Crippen molar-refractivity contribution in [3.8, 4) is 11.8 Å². The van der Waals surface area contributed by atoms with Gasteiger partial charge in [0.1, 0.15) is 0 Å². The van der Waals surface area contributed by atoms with E-state index in [1.54, 1.807) is 0 Å². The fourth-order valence-corrected chi connectivity index (χ4v) is 2.53. The van der Waals surface area contributed by atoms with Crippen molar-refractivity contribution in [2.75, 3.05) is 13.2 Å². The molecular weight excluding hydrogens is 340 g/mol. The molecule has 0 bridgehead atoms. The van der Waals surface area contributed by atoms with Gasteiger partial charge in [-0.25, -0.2) is 0 Å². The van der Waals surface area contributed by atoms with Crippen LogP contribution in [0.2, 0.25) is 0 Å². The maximum absolute atomic E-state index is 11.6. The molecule has 4 heteroatoms.